The van der Waals surface area contributed by atoms with Gasteiger partial charge in [-0.15, -0.1) is 0 Å². The van der Waals surface area contributed by atoms with Crippen LogP contribution in [0.5, 0.6) is 0 Å². The Morgan fingerprint density at radius 1 is 1.00 bits per heavy atom. The predicted molar refractivity (Wildman–Crippen MR) is 105 cm³/mol. The molecule has 0 aliphatic carbocycles. The number of carbonyl (C=O) groups is 3. The van der Waals surface area contributed by atoms with Crippen LogP contribution < -0.4 is 5.32 Å². The number of carbonyl (C=O) groups excluding carboxylic acids is 3. The summed E-state index contributed by atoms with van der Waals surface area (Å²) in [4.78, 5) is 37.9. The average molecular weight is 386 g/mol. The molecule has 29 heavy (non-hydrogen) atoms. The van der Waals surface area contributed by atoms with E-state index in [4.69, 9.17) is 0 Å². The lowest BCUT2D eigenvalue weighted by molar-refractivity contribution is -0.136. The van der Waals surface area contributed by atoms with Gasteiger partial charge in [-0.25, -0.2) is 4.68 Å². The van der Waals surface area contributed by atoms with Gasteiger partial charge in [0.2, 0.25) is 11.8 Å². The Morgan fingerprint density at radius 2 is 1.79 bits per heavy atom. The molecule has 2 aliphatic heterocycles. The van der Waals surface area contributed by atoms with Crippen LogP contribution in [0.25, 0.3) is 16.8 Å². The molecule has 1 atom stereocenters. The number of benzene rings is 2. The number of imide groups is 1. The first-order valence-corrected chi connectivity index (χ1v) is 9.48. The molecule has 0 radical (unpaired) electrons. The van der Waals surface area contributed by atoms with Gasteiger partial charge in [-0.05, 0) is 53.4 Å². The number of fused-ring (bicyclic) bond motifs is 1. The van der Waals surface area contributed by atoms with Gasteiger partial charge in [-0.2, -0.15) is 5.10 Å². The molecule has 1 unspecified atom stereocenters. The Labute approximate surface area is 166 Å². The molecule has 0 saturated carbocycles. The molecule has 1 saturated heterocycles. The van der Waals surface area contributed by atoms with E-state index in [-0.39, 0.29) is 18.2 Å². The summed E-state index contributed by atoms with van der Waals surface area (Å²) in [6, 6.07) is 15.1. The van der Waals surface area contributed by atoms with Crippen LogP contribution in [0.3, 0.4) is 0 Å². The Balaban J connectivity index is 1.40. The molecular formula is C22H18N4O3. The molecule has 144 valence electrons. The van der Waals surface area contributed by atoms with Crippen molar-refractivity contribution in [2.24, 2.45) is 0 Å². The highest BCUT2D eigenvalue weighted by molar-refractivity contribution is 6.05. The van der Waals surface area contributed by atoms with E-state index in [1.807, 2.05) is 54.7 Å². The zero-order chi connectivity index (χ0) is 20.0. The molecule has 0 spiro atoms. The quantitative estimate of drug-likeness (QED) is 0.700. The molecule has 3 aromatic rings. The van der Waals surface area contributed by atoms with E-state index in [9.17, 15) is 14.4 Å². The fraction of sp³-hybridized carbons (Fsp3) is 0.182. The topological polar surface area (TPSA) is 84.3 Å². The molecule has 2 aliphatic rings. The third kappa shape index (κ3) is 3.00. The van der Waals surface area contributed by atoms with Crippen molar-refractivity contribution >= 4 is 17.7 Å². The van der Waals surface area contributed by atoms with E-state index in [2.05, 4.69) is 10.4 Å². The fourth-order valence-corrected chi connectivity index (χ4v) is 3.98. The highest BCUT2D eigenvalue weighted by Gasteiger charge is 2.39. The van der Waals surface area contributed by atoms with E-state index in [0.717, 1.165) is 22.4 Å². The van der Waals surface area contributed by atoms with Gasteiger partial charge in [0.05, 0.1) is 5.69 Å². The first-order valence-electron chi connectivity index (χ1n) is 9.48. The minimum absolute atomic E-state index is 0.157. The van der Waals surface area contributed by atoms with E-state index < -0.39 is 11.9 Å². The molecular weight excluding hydrogens is 368 g/mol. The van der Waals surface area contributed by atoms with Gasteiger partial charge in [0.25, 0.3) is 5.91 Å². The van der Waals surface area contributed by atoms with Crippen molar-refractivity contribution in [3.63, 3.8) is 0 Å². The van der Waals surface area contributed by atoms with Gasteiger partial charge in [0.15, 0.2) is 0 Å². The van der Waals surface area contributed by atoms with Gasteiger partial charge in [0.1, 0.15) is 6.04 Å². The Bertz CT molecular complexity index is 1120. The predicted octanol–water partition coefficient (Wildman–Crippen LogP) is 2.30. The minimum Gasteiger partial charge on any atom is -0.322 e. The molecule has 1 fully saturated rings. The van der Waals surface area contributed by atoms with Crippen LogP contribution >= 0.6 is 0 Å². The Hall–Kier alpha value is -3.74. The van der Waals surface area contributed by atoms with Crippen LogP contribution in [-0.4, -0.2) is 38.4 Å². The molecule has 0 bridgehead atoms. The van der Waals surface area contributed by atoms with Crippen molar-refractivity contribution in [3.8, 4) is 16.8 Å². The summed E-state index contributed by atoms with van der Waals surface area (Å²) >= 11 is 0. The van der Waals surface area contributed by atoms with E-state index in [1.54, 1.807) is 15.8 Å². The van der Waals surface area contributed by atoms with Crippen molar-refractivity contribution in [2.75, 3.05) is 0 Å². The van der Waals surface area contributed by atoms with Crippen molar-refractivity contribution in [1.82, 2.24) is 20.0 Å². The molecule has 3 heterocycles. The number of piperidine rings is 1. The second kappa shape index (κ2) is 6.70. The van der Waals surface area contributed by atoms with E-state index in [0.29, 0.717) is 18.5 Å². The molecule has 2 aromatic carbocycles. The van der Waals surface area contributed by atoms with Crippen LogP contribution in [0.2, 0.25) is 0 Å². The normalized spacial score (nSPS) is 18.7. The van der Waals surface area contributed by atoms with Crippen LogP contribution in [0, 0.1) is 0 Å². The van der Waals surface area contributed by atoms with Crippen molar-refractivity contribution in [2.45, 2.75) is 25.4 Å². The van der Waals surface area contributed by atoms with Gasteiger partial charge >= 0.3 is 0 Å². The monoisotopic (exact) mass is 386 g/mol. The SMILES string of the molecule is O=C1CCC(N2Cc3cc(-c4ccc(-n5cccn5)cc4)ccc3C2=O)C(=O)N1. The molecule has 1 N–H and O–H groups in total. The lowest BCUT2D eigenvalue weighted by atomic mass is 10.0. The summed E-state index contributed by atoms with van der Waals surface area (Å²) in [6.07, 6.45) is 4.25. The zero-order valence-electron chi connectivity index (χ0n) is 15.5. The van der Waals surface area contributed by atoms with Crippen molar-refractivity contribution in [1.29, 1.82) is 0 Å². The first kappa shape index (κ1) is 17.4. The summed E-state index contributed by atoms with van der Waals surface area (Å²) in [6.45, 7) is 0.375. The summed E-state index contributed by atoms with van der Waals surface area (Å²) in [7, 11) is 0. The van der Waals surface area contributed by atoms with Gasteiger partial charge in [-0.1, -0.05) is 18.2 Å². The van der Waals surface area contributed by atoms with Crippen molar-refractivity contribution < 1.29 is 14.4 Å². The van der Waals surface area contributed by atoms with Crippen LogP contribution in [0.1, 0.15) is 28.8 Å². The minimum atomic E-state index is -0.593. The number of hydrogen-bond donors (Lipinski definition) is 1. The Kier molecular flexibility index (Phi) is 4.01. The zero-order valence-corrected chi connectivity index (χ0v) is 15.5. The Morgan fingerprint density at radius 3 is 2.52 bits per heavy atom. The maximum atomic E-state index is 12.8. The first-order chi connectivity index (χ1) is 14.1. The summed E-state index contributed by atoms with van der Waals surface area (Å²) in [5.41, 5.74) is 4.53. The second-order valence-corrected chi connectivity index (χ2v) is 7.27. The summed E-state index contributed by atoms with van der Waals surface area (Å²) in [5.74, 6) is -0.830. The number of aromatic nitrogens is 2. The standard InChI is InChI=1S/C22H18N4O3/c27-20-9-8-19(21(28)24-20)25-13-16-12-15(4-7-18(16)22(25)29)14-2-5-17(6-3-14)26-11-1-10-23-26/h1-7,10-12,19H,8-9,13H2,(H,24,27,28). The highest BCUT2D eigenvalue weighted by atomic mass is 16.2. The molecule has 7 nitrogen and oxygen atoms in total. The van der Waals surface area contributed by atoms with E-state index in [1.165, 1.54) is 0 Å². The van der Waals surface area contributed by atoms with Crippen LogP contribution in [0.15, 0.2) is 60.9 Å². The third-order valence-electron chi connectivity index (χ3n) is 5.49. The fourth-order valence-electron chi connectivity index (χ4n) is 3.98. The number of hydrogen-bond acceptors (Lipinski definition) is 4. The number of nitrogens with one attached hydrogen (secondary N) is 1. The van der Waals surface area contributed by atoms with Crippen LogP contribution in [-0.2, 0) is 16.1 Å². The highest BCUT2D eigenvalue weighted by Crippen LogP contribution is 2.31. The molecule has 1 aromatic heterocycles. The van der Waals surface area contributed by atoms with E-state index >= 15 is 0 Å². The van der Waals surface area contributed by atoms with Gasteiger partial charge in [0, 0.05) is 30.9 Å². The maximum absolute atomic E-state index is 12.8. The molecule has 3 amide bonds. The van der Waals surface area contributed by atoms with Crippen LogP contribution in [0.4, 0.5) is 0 Å². The molecule has 7 heteroatoms. The lowest BCUT2D eigenvalue weighted by Gasteiger charge is -2.29. The molecule has 5 rings (SSSR count). The second-order valence-electron chi connectivity index (χ2n) is 7.27. The largest absolute Gasteiger partial charge is 0.322 e. The third-order valence-corrected chi connectivity index (χ3v) is 5.49. The summed E-state index contributed by atoms with van der Waals surface area (Å²) < 4.78 is 1.79. The lowest BCUT2D eigenvalue weighted by Crippen LogP contribution is -2.52. The smallest absolute Gasteiger partial charge is 0.255 e. The number of nitrogens with zero attached hydrogens (tertiary/aromatic N) is 3. The number of rotatable bonds is 3. The average Bonchev–Trinajstić information content (AvgIpc) is 3.37. The van der Waals surface area contributed by atoms with Crippen molar-refractivity contribution in [3.05, 3.63) is 72.1 Å². The summed E-state index contributed by atoms with van der Waals surface area (Å²) in [5, 5.41) is 6.56. The van der Waals surface area contributed by atoms with Gasteiger partial charge in [-0.3, -0.25) is 19.7 Å². The van der Waals surface area contributed by atoms with Gasteiger partial charge < -0.3 is 4.90 Å². The number of amides is 3. The maximum Gasteiger partial charge on any atom is 0.255 e.